The van der Waals surface area contributed by atoms with E-state index in [1.165, 1.54) is 16.7 Å². The number of nitrogens with zero attached hydrogens (tertiary/aromatic N) is 1. The molecular formula is C28H37NO5. The minimum atomic E-state index is -0.441. The van der Waals surface area contributed by atoms with E-state index in [1.807, 2.05) is 12.1 Å². The van der Waals surface area contributed by atoms with E-state index < -0.39 is 5.60 Å². The number of benzene rings is 2. The highest BCUT2D eigenvalue weighted by molar-refractivity contribution is 5.48. The Kier molecular flexibility index (Phi) is 9.09. The molecule has 0 unspecified atom stereocenters. The maximum absolute atomic E-state index is 5.98. The topological polar surface area (TPSA) is 49.4 Å². The van der Waals surface area contributed by atoms with E-state index in [0.29, 0.717) is 6.54 Å². The highest BCUT2D eigenvalue weighted by Gasteiger charge is 2.31. The van der Waals surface area contributed by atoms with E-state index in [4.69, 9.17) is 23.7 Å². The Morgan fingerprint density at radius 1 is 0.794 bits per heavy atom. The zero-order chi connectivity index (χ0) is 24.6. The summed E-state index contributed by atoms with van der Waals surface area (Å²) in [5.74, 6) is 9.90. The van der Waals surface area contributed by atoms with Gasteiger partial charge >= 0.3 is 0 Å². The van der Waals surface area contributed by atoms with Gasteiger partial charge in [0.05, 0.1) is 35.0 Å². The first kappa shape index (κ1) is 25.7. The number of methoxy groups -OCH3 is 5. The van der Waals surface area contributed by atoms with Gasteiger partial charge in [0.25, 0.3) is 0 Å². The first-order chi connectivity index (χ1) is 16.5. The fraction of sp³-hybridized carbons (Fsp3) is 0.500. The van der Waals surface area contributed by atoms with Crippen LogP contribution in [0.4, 0.5) is 0 Å². The molecule has 1 aliphatic carbocycles. The third kappa shape index (κ3) is 6.16. The van der Waals surface area contributed by atoms with Crippen molar-refractivity contribution in [3.8, 4) is 34.8 Å². The Bertz CT molecular complexity index is 988. The highest BCUT2D eigenvalue weighted by Crippen LogP contribution is 2.36. The normalized spacial score (nSPS) is 14.4. The van der Waals surface area contributed by atoms with Gasteiger partial charge in [0.1, 0.15) is 5.60 Å². The van der Waals surface area contributed by atoms with Crippen molar-refractivity contribution in [2.45, 2.75) is 37.7 Å². The average molecular weight is 468 g/mol. The molecule has 2 aromatic carbocycles. The molecule has 0 radical (unpaired) electrons. The molecule has 0 bridgehead atoms. The first-order valence-corrected chi connectivity index (χ1v) is 11.7. The summed E-state index contributed by atoms with van der Waals surface area (Å²) >= 11 is 0. The predicted molar refractivity (Wildman–Crippen MR) is 134 cm³/mol. The molecule has 1 aliphatic rings. The minimum Gasteiger partial charge on any atom is -0.493 e. The second-order valence-corrected chi connectivity index (χ2v) is 8.65. The lowest BCUT2D eigenvalue weighted by Gasteiger charge is -2.25. The van der Waals surface area contributed by atoms with E-state index in [0.717, 1.165) is 61.6 Å². The molecule has 0 saturated heterocycles. The number of ether oxygens (including phenoxy) is 5. The molecule has 0 fully saturated rings. The second kappa shape index (κ2) is 12.0. The average Bonchev–Trinajstić information content (AvgIpc) is 3.05. The Morgan fingerprint density at radius 2 is 1.35 bits per heavy atom. The smallest absolute Gasteiger partial charge is 0.161 e. The Balaban J connectivity index is 1.60. The molecule has 0 spiro atoms. The summed E-state index contributed by atoms with van der Waals surface area (Å²) in [5, 5.41) is 0. The van der Waals surface area contributed by atoms with Crippen molar-refractivity contribution in [1.82, 2.24) is 4.90 Å². The molecule has 6 heteroatoms. The van der Waals surface area contributed by atoms with Crippen LogP contribution in [-0.4, -0.2) is 66.2 Å². The summed E-state index contributed by atoms with van der Waals surface area (Å²) in [5.41, 5.74) is 3.33. The predicted octanol–water partition coefficient (Wildman–Crippen LogP) is 4.16. The summed E-state index contributed by atoms with van der Waals surface area (Å²) in [6, 6.07) is 10.2. The van der Waals surface area contributed by atoms with Gasteiger partial charge in [0.15, 0.2) is 23.0 Å². The van der Waals surface area contributed by atoms with Gasteiger partial charge in [-0.1, -0.05) is 17.9 Å². The number of hydrogen-bond donors (Lipinski definition) is 0. The van der Waals surface area contributed by atoms with Crippen molar-refractivity contribution in [3.63, 3.8) is 0 Å². The molecule has 0 aromatic heterocycles. The van der Waals surface area contributed by atoms with Crippen molar-refractivity contribution in [2.24, 2.45) is 0 Å². The van der Waals surface area contributed by atoms with Crippen LogP contribution in [0.3, 0.4) is 0 Å². The fourth-order valence-corrected chi connectivity index (χ4v) is 4.38. The Hall–Kier alpha value is -2.88. The Morgan fingerprint density at radius 3 is 1.88 bits per heavy atom. The van der Waals surface area contributed by atoms with Crippen LogP contribution in [-0.2, 0) is 24.0 Å². The molecule has 0 atom stereocenters. The minimum absolute atomic E-state index is 0.441. The standard InChI is InChI=1S/C28H37NO5/c1-29(17-12-21-8-9-24(30-2)25(18-21)31-3)16-7-13-28(34-6)14-10-22-19-26(32-4)27(33-5)20-23(22)11-15-28/h8-9,18-20H,10-12,14-17H2,1-6H3. The van der Waals surface area contributed by atoms with Crippen molar-refractivity contribution in [2.75, 3.05) is 55.7 Å². The maximum atomic E-state index is 5.98. The van der Waals surface area contributed by atoms with Gasteiger partial charge in [0.2, 0.25) is 0 Å². The molecule has 0 heterocycles. The van der Waals surface area contributed by atoms with E-state index in [1.54, 1.807) is 35.5 Å². The zero-order valence-electron chi connectivity index (χ0n) is 21.3. The van der Waals surface area contributed by atoms with Crippen molar-refractivity contribution >= 4 is 0 Å². The van der Waals surface area contributed by atoms with Crippen molar-refractivity contribution in [1.29, 1.82) is 0 Å². The molecule has 3 rings (SSSR count). The summed E-state index contributed by atoms with van der Waals surface area (Å²) in [4.78, 5) is 2.23. The van der Waals surface area contributed by atoms with Gasteiger partial charge in [-0.25, -0.2) is 0 Å². The lowest BCUT2D eigenvalue weighted by molar-refractivity contribution is 0.0288. The van der Waals surface area contributed by atoms with Gasteiger partial charge in [-0.3, -0.25) is 4.90 Å². The zero-order valence-corrected chi connectivity index (χ0v) is 21.3. The molecule has 6 nitrogen and oxygen atoms in total. The van der Waals surface area contributed by atoms with Gasteiger partial charge in [-0.15, -0.1) is 0 Å². The molecular weight excluding hydrogens is 430 g/mol. The summed E-state index contributed by atoms with van der Waals surface area (Å²) in [7, 11) is 10.5. The van der Waals surface area contributed by atoms with Crippen LogP contribution in [0.1, 0.15) is 29.5 Å². The molecule has 0 aliphatic heterocycles. The van der Waals surface area contributed by atoms with E-state index in [9.17, 15) is 0 Å². The lowest BCUT2D eigenvalue weighted by Crippen LogP contribution is -2.30. The monoisotopic (exact) mass is 467 g/mol. The molecule has 34 heavy (non-hydrogen) atoms. The first-order valence-electron chi connectivity index (χ1n) is 11.7. The molecule has 2 aromatic rings. The quantitative estimate of drug-likeness (QED) is 0.408. The van der Waals surface area contributed by atoms with Crippen LogP contribution in [0.2, 0.25) is 0 Å². The van der Waals surface area contributed by atoms with Crippen LogP contribution in [0.5, 0.6) is 23.0 Å². The molecule has 0 amide bonds. The van der Waals surface area contributed by atoms with Crippen molar-refractivity contribution in [3.05, 3.63) is 47.0 Å². The third-order valence-corrected chi connectivity index (χ3v) is 6.59. The van der Waals surface area contributed by atoms with Crippen LogP contribution in [0.15, 0.2) is 30.3 Å². The number of rotatable bonds is 9. The highest BCUT2D eigenvalue weighted by atomic mass is 16.5. The number of aryl methyl sites for hydroxylation is 2. The number of likely N-dealkylation sites (N-methyl/N-ethyl adjacent to an activating group) is 1. The van der Waals surface area contributed by atoms with Gasteiger partial charge in [-0.2, -0.15) is 0 Å². The van der Waals surface area contributed by atoms with Crippen LogP contribution < -0.4 is 18.9 Å². The summed E-state index contributed by atoms with van der Waals surface area (Å²) in [6.07, 6.45) is 4.41. The van der Waals surface area contributed by atoms with Crippen LogP contribution in [0, 0.1) is 11.8 Å². The molecule has 184 valence electrons. The van der Waals surface area contributed by atoms with Crippen LogP contribution in [0.25, 0.3) is 0 Å². The maximum Gasteiger partial charge on any atom is 0.161 e. The molecule has 0 saturated carbocycles. The third-order valence-electron chi connectivity index (χ3n) is 6.59. The van der Waals surface area contributed by atoms with Gasteiger partial charge in [0, 0.05) is 13.7 Å². The lowest BCUT2D eigenvalue weighted by atomic mass is 9.94. The summed E-state index contributed by atoms with van der Waals surface area (Å²) in [6.45, 7) is 1.59. The SMILES string of the molecule is COc1ccc(CCN(C)CC#CC2(OC)CCc3cc(OC)c(OC)cc3CC2)cc1OC. The number of fused-ring (bicyclic) bond motifs is 1. The van der Waals surface area contributed by atoms with E-state index >= 15 is 0 Å². The van der Waals surface area contributed by atoms with E-state index in [2.05, 4.69) is 42.0 Å². The van der Waals surface area contributed by atoms with Gasteiger partial charge < -0.3 is 23.7 Å². The van der Waals surface area contributed by atoms with E-state index in [-0.39, 0.29) is 0 Å². The van der Waals surface area contributed by atoms with Gasteiger partial charge in [-0.05, 0) is 80.1 Å². The second-order valence-electron chi connectivity index (χ2n) is 8.65. The fourth-order valence-electron chi connectivity index (χ4n) is 4.38. The Labute approximate surface area is 204 Å². The number of hydrogen-bond acceptors (Lipinski definition) is 6. The largest absolute Gasteiger partial charge is 0.493 e. The van der Waals surface area contributed by atoms with Crippen LogP contribution >= 0.6 is 0 Å². The molecule has 0 N–H and O–H groups in total. The van der Waals surface area contributed by atoms with Crippen molar-refractivity contribution < 1.29 is 23.7 Å². The summed E-state index contributed by atoms with van der Waals surface area (Å²) < 4.78 is 27.7.